The Morgan fingerprint density at radius 3 is 3.06 bits per heavy atom. The lowest BCUT2D eigenvalue weighted by Gasteiger charge is -2.11. The fraction of sp³-hybridized carbons (Fsp3) is 0.333. The Morgan fingerprint density at radius 1 is 1.59 bits per heavy atom. The largest absolute Gasteiger partial charge is 0.368 e. The van der Waals surface area contributed by atoms with Gasteiger partial charge in [-0.3, -0.25) is 4.79 Å². The van der Waals surface area contributed by atoms with Crippen molar-refractivity contribution in [3.05, 3.63) is 28.8 Å². The summed E-state index contributed by atoms with van der Waals surface area (Å²) in [6, 6.07) is 6.76. The molecule has 1 saturated heterocycles. The highest BCUT2D eigenvalue weighted by Crippen LogP contribution is 2.22. The van der Waals surface area contributed by atoms with E-state index in [-0.39, 0.29) is 5.91 Å². The van der Waals surface area contributed by atoms with Crippen LogP contribution in [0.3, 0.4) is 0 Å². The first kappa shape index (κ1) is 11.9. The molecule has 17 heavy (non-hydrogen) atoms. The third kappa shape index (κ3) is 2.76. The van der Waals surface area contributed by atoms with Gasteiger partial charge in [0.2, 0.25) is 0 Å². The minimum Gasteiger partial charge on any atom is -0.368 e. The minimum atomic E-state index is -0.416. The molecule has 1 N–H and O–H groups in total. The average Bonchev–Trinajstić information content (AvgIpc) is 2.83. The number of rotatable bonds is 2. The fourth-order valence-electron chi connectivity index (χ4n) is 1.72. The SMILES string of the molecule is N#Cc1ccc(Cl)cc1NC(=O)C1CCCO1. The van der Waals surface area contributed by atoms with Crippen LogP contribution in [0, 0.1) is 11.3 Å². The molecule has 5 heteroatoms. The van der Waals surface area contributed by atoms with E-state index in [1.807, 2.05) is 6.07 Å². The van der Waals surface area contributed by atoms with Crippen molar-refractivity contribution in [2.75, 3.05) is 11.9 Å². The number of carbonyl (C=O) groups is 1. The zero-order valence-electron chi connectivity index (χ0n) is 9.07. The number of halogens is 1. The summed E-state index contributed by atoms with van der Waals surface area (Å²) in [5, 5.41) is 12.1. The quantitative estimate of drug-likeness (QED) is 0.876. The van der Waals surface area contributed by atoms with Crippen molar-refractivity contribution >= 4 is 23.2 Å². The van der Waals surface area contributed by atoms with Crippen molar-refractivity contribution in [2.24, 2.45) is 0 Å². The van der Waals surface area contributed by atoms with Gasteiger partial charge in [0.05, 0.1) is 11.3 Å². The second-order valence-electron chi connectivity index (χ2n) is 3.79. The van der Waals surface area contributed by atoms with Crippen LogP contribution in [0.2, 0.25) is 5.02 Å². The van der Waals surface area contributed by atoms with Crippen molar-refractivity contribution in [2.45, 2.75) is 18.9 Å². The third-order valence-electron chi connectivity index (χ3n) is 2.58. The first-order chi connectivity index (χ1) is 8.20. The van der Waals surface area contributed by atoms with E-state index in [0.717, 1.165) is 6.42 Å². The smallest absolute Gasteiger partial charge is 0.253 e. The third-order valence-corrected chi connectivity index (χ3v) is 2.82. The van der Waals surface area contributed by atoms with Crippen LogP contribution < -0.4 is 5.32 Å². The van der Waals surface area contributed by atoms with Gasteiger partial charge >= 0.3 is 0 Å². The summed E-state index contributed by atoms with van der Waals surface area (Å²) in [6.07, 6.45) is 1.19. The molecule has 1 aromatic carbocycles. The molecule has 1 atom stereocenters. The van der Waals surface area contributed by atoms with Crippen molar-refractivity contribution in [1.82, 2.24) is 0 Å². The molecule has 0 bridgehead atoms. The number of nitrogens with one attached hydrogen (secondary N) is 1. The minimum absolute atomic E-state index is 0.221. The highest BCUT2D eigenvalue weighted by molar-refractivity contribution is 6.31. The van der Waals surface area contributed by atoms with E-state index in [9.17, 15) is 4.79 Å². The molecule has 1 unspecified atom stereocenters. The monoisotopic (exact) mass is 250 g/mol. The number of hydrogen-bond donors (Lipinski definition) is 1. The van der Waals surface area contributed by atoms with E-state index < -0.39 is 6.10 Å². The highest BCUT2D eigenvalue weighted by Gasteiger charge is 2.24. The Balaban J connectivity index is 2.15. The van der Waals surface area contributed by atoms with Crippen LogP contribution in [-0.2, 0) is 9.53 Å². The van der Waals surface area contributed by atoms with Gasteiger partial charge in [-0.05, 0) is 31.0 Å². The van der Waals surface area contributed by atoms with Gasteiger partial charge < -0.3 is 10.1 Å². The lowest BCUT2D eigenvalue weighted by molar-refractivity contribution is -0.124. The summed E-state index contributed by atoms with van der Waals surface area (Å²) >= 11 is 5.82. The first-order valence-electron chi connectivity index (χ1n) is 5.33. The molecular formula is C12H11ClN2O2. The predicted molar refractivity (Wildman–Crippen MR) is 63.8 cm³/mol. The molecule has 1 aliphatic heterocycles. The molecule has 0 aromatic heterocycles. The van der Waals surface area contributed by atoms with Crippen molar-refractivity contribution in [3.8, 4) is 6.07 Å². The van der Waals surface area contributed by atoms with E-state index in [1.54, 1.807) is 18.2 Å². The molecule has 0 spiro atoms. The Hall–Kier alpha value is -1.57. The zero-order chi connectivity index (χ0) is 12.3. The van der Waals surface area contributed by atoms with E-state index in [2.05, 4.69) is 5.32 Å². The number of nitriles is 1. The van der Waals surface area contributed by atoms with Crippen LogP contribution in [0.1, 0.15) is 18.4 Å². The topological polar surface area (TPSA) is 62.1 Å². The predicted octanol–water partition coefficient (Wildman–Crippen LogP) is 2.33. The standard InChI is InChI=1S/C12H11ClN2O2/c13-9-4-3-8(7-14)10(6-9)15-12(16)11-2-1-5-17-11/h3-4,6,11H,1-2,5H2,(H,15,16). The summed E-state index contributed by atoms with van der Waals surface area (Å²) in [5.41, 5.74) is 0.821. The normalized spacial score (nSPS) is 18.7. The lowest BCUT2D eigenvalue weighted by atomic mass is 10.1. The molecule has 4 nitrogen and oxygen atoms in total. The van der Waals surface area contributed by atoms with Crippen molar-refractivity contribution in [3.63, 3.8) is 0 Å². The molecule has 0 saturated carbocycles. The number of hydrogen-bond acceptors (Lipinski definition) is 3. The number of benzene rings is 1. The molecule has 2 rings (SSSR count). The van der Waals surface area contributed by atoms with Gasteiger partial charge in [-0.25, -0.2) is 0 Å². The molecule has 1 fully saturated rings. The molecule has 1 aromatic rings. The van der Waals surface area contributed by atoms with E-state index in [4.69, 9.17) is 21.6 Å². The maximum atomic E-state index is 11.8. The maximum absolute atomic E-state index is 11.8. The highest BCUT2D eigenvalue weighted by atomic mass is 35.5. The Labute approximate surface area is 104 Å². The first-order valence-corrected chi connectivity index (χ1v) is 5.70. The van der Waals surface area contributed by atoms with E-state index in [0.29, 0.717) is 29.3 Å². The Bertz CT molecular complexity index is 476. The van der Waals surface area contributed by atoms with Crippen LogP contribution in [0.5, 0.6) is 0 Å². The van der Waals surface area contributed by atoms with E-state index in [1.165, 1.54) is 0 Å². The van der Waals surface area contributed by atoms with Gasteiger partial charge in [-0.1, -0.05) is 11.6 Å². The second kappa shape index (κ2) is 5.17. The summed E-state index contributed by atoms with van der Waals surface area (Å²) < 4.78 is 5.26. The van der Waals surface area contributed by atoms with Crippen LogP contribution in [0.25, 0.3) is 0 Å². The fourth-order valence-corrected chi connectivity index (χ4v) is 1.89. The number of amides is 1. The molecule has 88 valence electrons. The van der Waals surface area contributed by atoms with E-state index >= 15 is 0 Å². The van der Waals surface area contributed by atoms with Crippen LogP contribution in [-0.4, -0.2) is 18.6 Å². The molecule has 1 amide bonds. The second-order valence-corrected chi connectivity index (χ2v) is 4.23. The summed E-state index contributed by atoms with van der Waals surface area (Å²) in [6.45, 7) is 0.610. The Kier molecular flexibility index (Phi) is 3.62. The molecule has 0 aliphatic carbocycles. The number of nitrogens with zero attached hydrogens (tertiary/aromatic N) is 1. The number of carbonyl (C=O) groups excluding carboxylic acids is 1. The zero-order valence-corrected chi connectivity index (χ0v) is 9.83. The maximum Gasteiger partial charge on any atom is 0.253 e. The molecule has 1 aliphatic rings. The summed E-state index contributed by atoms with van der Waals surface area (Å²) in [7, 11) is 0. The van der Waals surface area contributed by atoms with Crippen molar-refractivity contribution in [1.29, 1.82) is 5.26 Å². The van der Waals surface area contributed by atoms with Gasteiger partial charge in [0.1, 0.15) is 12.2 Å². The van der Waals surface area contributed by atoms with Gasteiger partial charge in [0.25, 0.3) is 5.91 Å². The van der Waals surface area contributed by atoms with Crippen molar-refractivity contribution < 1.29 is 9.53 Å². The van der Waals surface area contributed by atoms with Gasteiger partial charge in [-0.15, -0.1) is 0 Å². The average molecular weight is 251 g/mol. The molecule has 0 radical (unpaired) electrons. The van der Waals surface area contributed by atoms with Gasteiger partial charge in [-0.2, -0.15) is 5.26 Å². The summed E-state index contributed by atoms with van der Waals surface area (Å²) in [4.78, 5) is 11.8. The summed E-state index contributed by atoms with van der Waals surface area (Å²) in [5.74, 6) is -0.221. The number of anilines is 1. The molecular weight excluding hydrogens is 240 g/mol. The lowest BCUT2D eigenvalue weighted by Crippen LogP contribution is -2.27. The number of ether oxygens (including phenoxy) is 1. The van der Waals surface area contributed by atoms with Gasteiger partial charge in [0, 0.05) is 11.6 Å². The Morgan fingerprint density at radius 2 is 2.41 bits per heavy atom. The van der Waals surface area contributed by atoms with Crippen LogP contribution in [0.4, 0.5) is 5.69 Å². The van der Waals surface area contributed by atoms with Crippen LogP contribution >= 0.6 is 11.6 Å². The van der Waals surface area contributed by atoms with Gasteiger partial charge in [0.15, 0.2) is 0 Å². The van der Waals surface area contributed by atoms with Crippen LogP contribution in [0.15, 0.2) is 18.2 Å². The molecule has 1 heterocycles.